The molecule has 94 valence electrons. The SMILES string of the molecule is COC(=O)Cc1ncc(OC(C)=NC(C)C)o1. The highest BCUT2D eigenvalue weighted by Crippen LogP contribution is 2.13. The van der Waals surface area contributed by atoms with Gasteiger partial charge in [-0.15, -0.1) is 0 Å². The molecule has 0 aliphatic heterocycles. The van der Waals surface area contributed by atoms with Crippen LogP contribution in [0.3, 0.4) is 0 Å². The minimum absolute atomic E-state index is 0.0137. The molecule has 0 aromatic carbocycles. The first kappa shape index (κ1) is 13.2. The summed E-state index contributed by atoms with van der Waals surface area (Å²) in [5.74, 6) is 0.543. The second-order valence-electron chi connectivity index (χ2n) is 3.67. The van der Waals surface area contributed by atoms with E-state index in [4.69, 9.17) is 9.15 Å². The van der Waals surface area contributed by atoms with E-state index in [9.17, 15) is 4.79 Å². The maximum absolute atomic E-state index is 11.0. The Kier molecular flexibility index (Phi) is 4.68. The summed E-state index contributed by atoms with van der Waals surface area (Å²) in [4.78, 5) is 19.0. The molecule has 0 fully saturated rings. The Balaban J connectivity index is 2.59. The predicted molar refractivity (Wildman–Crippen MR) is 61.1 cm³/mol. The lowest BCUT2D eigenvalue weighted by molar-refractivity contribution is -0.140. The fraction of sp³-hybridized carbons (Fsp3) is 0.545. The second-order valence-corrected chi connectivity index (χ2v) is 3.67. The van der Waals surface area contributed by atoms with E-state index in [0.717, 1.165) is 0 Å². The molecule has 17 heavy (non-hydrogen) atoms. The van der Waals surface area contributed by atoms with Gasteiger partial charge in [-0.2, -0.15) is 0 Å². The van der Waals surface area contributed by atoms with Gasteiger partial charge in [0.1, 0.15) is 12.6 Å². The van der Waals surface area contributed by atoms with Crippen LogP contribution in [-0.2, 0) is 16.0 Å². The lowest BCUT2D eigenvalue weighted by Crippen LogP contribution is -2.06. The van der Waals surface area contributed by atoms with Crippen molar-refractivity contribution in [2.24, 2.45) is 4.99 Å². The van der Waals surface area contributed by atoms with Gasteiger partial charge in [0, 0.05) is 13.0 Å². The summed E-state index contributed by atoms with van der Waals surface area (Å²) >= 11 is 0. The summed E-state index contributed by atoms with van der Waals surface area (Å²) in [6.07, 6.45) is 1.39. The summed E-state index contributed by atoms with van der Waals surface area (Å²) < 4.78 is 15.0. The van der Waals surface area contributed by atoms with Crippen molar-refractivity contribution in [3.05, 3.63) is 12.1 Å². The van der Waals surface area contributed by atoms with Crippen molar-refractivity contribution in [2.45, 2.75) is 33.2 Å². The van der Waals surface area contributed by atoms with Crippen LogP contribution in [0.5, 0.6) is 5.95 Å². The number of methoxy groups -OCH3 is 1. The molecule has 0 aliphatic rings. The fourth-order valence-electron chi connectivity index (χ4n) is 1.15. The second kappa shape index (κ2) is 6.03. The van der Waals surface area contributed by atoms with Crippen LogP contribution in [0.4, 0.5) is 0 Å². The zero-order chi connectivity index (χ0) is 12.8. The number of aliphatic imine (C=N–C) groups is 1. The van der Waals surface area contributed by atoms with Crippen molar-refractivity contribution < 1.29 is 18.7 Å². The van der Waals surface area contributed by atoms with Gasteiger partial charge in [0.25, 0.3) is 0 Å². The van der Waals surface area contributed by atoms with E-state index in [1.165, 1.54) is 13.3 Å². The Hall–Kier alpha value is -1.85. The van der Waals surface area contributed by atoms with E-state index < -0.39 is 5.97 Å². The molecular formula is C11H16N2O4. The van der Waals surface area contributed by atoms with Crippen LogP contribution in [0, 0.1) is 0 Å². The van der Waals surface area contributed by atoms with Gasteiger partial charge in [-0.25, -0.2) is 4.98 Å². The zero-order valence-corrected chi connectivity index (χ0v) is 10.4. The highest BCUT2D eigenvalue weighted by Gasteiger charge is 2.11. The molecule has 0 saturated heterocycles. The van der Waals surface area contributed by atoms with Crippen molar-refractivity contribution in [1.29, 1.82) is 0 Å². The van der Waals surface area contributed by atoms with Gasteiger partial charge in [0.05, 0.1) is 7.11 Å². The van der Waals surface area contributed by atoms with Gasteiger partial charge in [-0.3, -0.25) is 9.79 Å². The number of esters is 1. The smallest absolute Gasteiger partial charge is 0.314 e. The molecule has 0 spiro atoms. The highest BCUT2D eigenvalue weighted by atomic mass is 16.6. The van der Waals surface area contributed by atoms with Crippen LogP contribution in [0.2, 0.25) is 0 Å². The molecule has 0 atom stereocenters. The van der Waals surface area contributed by atoms with Gasteiger partial charge >= 0.3 is 11.9 Å². The van der Waals surface area contributed by atoms with Gasteiger partial charge in [0.15, 0.2) is 5.90 Å². The summed E-state index contributed by atoms with van der Waals surface area (Å²) in [7, 11) is 1.31. The third-order valence-corrected chi connectivity index (χ3v) is 1.74. The predicted octanol–water partition coefficient (Wildman–Crippen LogP) is 1.60. The van der Waals surface area contributed by atoms with E-state index in [0.29, 0.717) is 5.90 Å². The molecule has 6 nitrogen and oxygen atoms in total. The van der Waals surface area contributed by atoms with Crippen LogP contribution < -0.4 is 4.74 Å². The number of ether oxygens (including phenoxy) is 2. The van der Waals surface area contributed by atoms with Gasteiger partial charge in [0.2, 0.25) is 5.89 Å². The van der Waals surface area contributed by atoms with Crippen LogP contribution in [0.15, 0.2) is 15.6 Å². The van der Waals surface area contributed by atoms with E-state index in [1.54, 1.807) is 6.92 Å². The lowest BCUT2D eigenvalue weighted by atomic mass is 10.4. The number of hydrogen-bond donors (Lipinski definition) is 0. The summed E-state index contributed by atoms with van der Waals surface area (Å²) in [6.45, 7) is 5.61. The van der Waals surface area contributed by atoms with Crippen LogP contribution in [-0.4, -0.2) is 30.0 Å². The number of aromatic nitrogens is 1. The lowest BCUT2D eigenvalue weighted by Gasteiger charge is -2.02. The monoisotopic (exact) mass is 240 g/mol. The van der Waals surface area contributed by atoms with Crippen molar-refractivity contribution in [3.63, 3.8) is 0 Å². The molecule has 0 amide bonds. The normalized spacial score (nSPS) is 11.7. The molecule has 0 aliphatic carbocycles. The number of oxazole rings is 1. The minimum Gasteiger partial charge on any atom is -0.469 e. The first-order valence-electron chi connectivity index (χ1n) is 5.25. The van der Waals surface area contributed by atoms with Gasteiger partial charge < -0.3 is 13.9 Å². The van der Waals surface area contributed by atoms with Gasteiger partial charge in [-0.1, -0.05) is 0 Å². The quantitative estimate of drug-likeness (QED) is 0.454. The first-order valence-corrected chi connectivity index (χ1v) is 5.25. The topological polar surface area (TPSA) is 73.9 Å². The molecule has 1 aromatic heterocycles. The van der Waals surface area contributed by atoms with Crippen molar-refractivity contribution in [2.75, 3.05) is 7.11 Å². The van der Waals surface area contributed by atoms with E-state index in [-0.39, 0.29) is 24.3 Å². The Morgan fingerprint density at radius 3 is 2.88 bits per heavy atom. The molecule has 0 N–H and O–H groups in total. The van der Waals surface area contributed by atoms with Gasteiger partial charge in [-0.05, 0) is 13.8 Å². The minimum atomic E-state index is -0.411. The number of carbonyl (C=O) groups excluding carboxylic acids is 1. The van der Waals surface area contributed by atoms with Crippen molar-refractivity contribution >= 4 is 11.9 Å². The largest absolute Gasteiger partial charge is 0.469 e. The number of rotatable bonds is 4. The molecule has 1 heterocycles. The van der Waals surface area contributed by atoms with E-state index >= 15 is 0 Å². The van der Waals surface area contributed by atoms with E-state index in [2.05, 4.69) is 14.7 Å². The fourth-order valence-corrected chi connectivity index (χ4v) is 1.15. The summed E-state index contributed by atoms with van der Waals surface area (Å²) in [6, 6.07) is 0.146. The number of hydrogen-bond acceptors (Lipinski definition) is 6. The third kappa shape index (κ3) is 4.67. The maximum Gasteiger partial charge on any atom is 0.314 e. The molecule has 1 aromatic rings. The number of carbonyl (C=O) groups is 1. The third-order valence-electron chi connectivity index (χ3n) is 1.74. The first-order chi connectivity index (χ1) is 8.01. The summed E-state index contributed by atoms with van der Waals surface area (Å²) in [5.41, 5.74) is 0. The van der Waals surface area contributed by atoms with Crippen molar-refractivity contribution in [1.82, 2.24) is 4.98 Å². The molecular weight excluding hydrogens is 224 g/mol. The Bertz CT molecular complexity index is 409. The molecule has 0 bridgehead atoms. The average Bonchev–Trinajstić information content (AvgIpc) is 2.63. The molecule has 0 radical (unpaired) electrons. The summed E-state index contributed by atoms with van der Waals surface area (Å²) in [5, 5.41) is 0. The van der Waals surface area contributed by atoms with Crippen LogP contribution >= 0.6 is 0 Å². The standard InChI is InChI=1S/C11H16N2O4/c1-7(2)13-8(3)16-11-6-12-9(17-11)5-10(14)15-4/h6-7H,5H2,1-4H3. The van der Waals surface area contributed by atoms with Crippen molar-refractivity contribution in [3.8, 4) is 5.95 Å². The molecule has 0 unspecified atom stereocenters. The Morgan fingerprint density at radius 1 is 1.59 bits per heavy atom. The zero-order valence-electron chi connectivity index (χ0n) is 10.4. The maximum atomic E-state index is 11.0. The van der Waals surface area contributed by atoms with Crippen LogP contribution in [0.1, 0.15) is 26.7 Å². The molecule has 0 saturated carbocycles. The average molecular weight is 240 g/mol. The molecule has 1 rings (SSSR count). The van der Waals surface area contributed by atoms with Crippen LogP contribution in [0.25, 0.3) is 0 Å². The highest BCUT2D eigenvalue weighted by molar-refractivity contribution is 5.75. The number of nitrogens with zero attached hydrogens (tertiary/aromatic N) is 2. The molecule has 6 heteroatoms. The van der Waals surface area contributed by atoms with E-state index in [1.807, 2.05) is 13.8 Å². The Labute approximate surface area is 99.6 Å². The Morgan fingerprint density at radius 2 is 2.29 bits per heavy atom.